The second kappa shape index (κ2) is 9.67. The van der Waals surface area contributed by atoms with Crippen molar-refractivity contribution in [3.05, 3.63) is 70.5 Å². The smallest absolute Gasteiger partial charge is 0.166 e. The summed E-state index contributed by atoms with van der Waals surface area (Å²) in [6.45, 7) is 1.99. The van der Waals surface area contributed by atoms with Crippen molar-refractivity contribution in [2.45, 2.75) is 54.7 Å². The van der Waals surface area contributed by atoms with E-state index in [0.29, 0.717) is 6.42 Å². The Hall–Kier alpha value is -2.31. The second-order valence-electron chi connectivity index (χ2n) is 7.74. The molecule has 2 aromatic heterocycles. The molecule has 0 atom stereocenters. The Balaban J connectivity index is 1.42. The summed E-state index contributed by atoms with van der Waals surface area (Å²) >= 11 is 3.07. The molecule has 0 unspecified atom stereocenters. The fourth-order valence-corrected chi connectivity index (χ4v) is 5.82. The van der Waals surface area contributed by atoms with E-state index in [-0.39, 0.29) is 23.9 Å². The number of nitrogens with zero attached hydrogens (tertiary/aromatic N) is 2. The first-order valence-corrected chi connectivity index (χ1v) is 11.9. The van der Waals surface area contributed by atoms with Crippen molar-refractivity contribution in [1.82, 2.24) is 9.97 Å². The largest absolute Gasteiger partial charge is 0.299 e. The van der Waals surface area contributed by atoms with Crippen molar-refractivity contribution < 1.29 is 9.59 Å². The highest BCUT2D eigenvalue weighted by Crippen LogP contribution is 2.32. The van der Waals surface area contributed by atoms with Crippen molar-refractivity contribution in [3.8, 4) is 0 Å². The van der Waals surface area contributed by atoms with Crippen LogP contribution >= 0.6 is 23.1 Å². The molecule has 2 heterocycles. The highest BCUT2D eigenvalue weighted by atomic mass is 32.2. The van der Waals surface area contributed by atoms with Gasteiger partial charge in [-0.05, 0) is 43.5 Å². The van der Waals surface area contributed by atoms with Gasteiger partial charge in [-0.25, -0.2) is 9.97 Å². The average Bonchev–Trinajstić information content (AvgIpc) is 3.42. The zero-order chi connectivity index (χ0) is 20.9. The Labute approximate surface area is 185 Å². The van der Waals surface area contributed by atoms with Crippen LogP contribution in [0.4, 0.5) is 0 Å². The zero-order valence-corrected chi connectivity index (χ0v) is 18.6. The van der Waals surface area contributed by atoms with Gasteiger partial charge in [-0.15, -0.1) is 11.3 Å². The van der Waals surface area contributed by atoms with E-state index < -0.39 is 0 Å². The number of carbonyl (C=O) groups is 2. The molecule has 3 aromatic rings. The molecule has 0 N–H and O–H groups in total. The summed E-state index contributed by atoms with van der Waals surface area (Å²) in [4.78, 5) is 34.5. The number of pyridine rings is 1. The van der Waals surface area contributed by atoms with Gasteiger partial charge < -0.3 is 0 Å². The normalized spacial score (nSPS) is 14.2. The Morgan fingerprint density at radius 3 is 2.70 bits per heavy atom. The van der Waals surface area contributed by atoms with Crippen molar-refractivity contribution in [2.75, 3.05) is 0 Å². The lowest BCUT2D eigenvalue weighted by Crippen LogP contribution is -2.16. The maximum absolute atomic E-state index is 13.0. The van der Waals surface area contributed by atoms with Gasteiger partial charge in [0.25, 0.3) is 0 Å². The number of ketones is 2. The van der Waals surface area contributed by atoms with Gasteiger partial charge in [0.2, 0.25) is 0 Å². The van der Waals surface area contributed by atoms with Crippen LogP contribution in [0.2, 0.25) is 0 Å². The molecular formula is C24H24N2O2S2. The van der Waals surface area contributed by atoms with Crippen molar-refractivity contribution >= 4 is 34.7 Å². The summed E-state index contributed by atoms with van der Waals surface area (Å²) in [7, 11) is 0. The predicted molar refractivity (Wildman–Crippen MR) is 120 cm³/mol. The van der Waals surface area contributed by atoms with Gasteiger partial charge in [0.05, 0.1) is 16.8 Å². The first-order valence-electron chi connectivity index (χ1n) is 10.3. The molecule has 0 aliphatic heterocycles. The van der Waals surface area contributed by atoms with Crippen LogP contribution in [0.1, 0.15) is 52.2 Å². The lowest BCUT2D eigenvalue weighted by Gasteiger charge is -2.13. The van der Waals surface area contributed by atoms with E-state index in [1.54, 1.807) is 24.2 Å². The number of rotatable bonds is 8. The number of hydrogen-bond donors (Lipinski definition) is 0. The quantitative estimate of drug-likeness (QED) is 0.422. The third-order valence-electron chi connectivity index (χ3n) is 5.37. The molecule has 4 rings (SSSR count). The predicted octanol–water partition coefficient (Wildman–Crippen LogP) is 5.72. The molecular weight excluding hydrogens is 412 g/mol. The number of aromatic nitrogens is 2. The van der Waals surface area contributed by atoms with E-state index >= 15 is 0 Å². The lowest BCUT2D eigenvalue weighted by atomic mass is 9.90. The third-order valence-corrected chi connectivity index (χ3v) is 7.42. The molecule has 0 saturated heterocycles. The lowest BCUT2D eigenvalue weighted by molar-refractivity contribution is -0.117. The van der Waals surface area contributed by atoms with Gasteiger partial charge in [0, 0.05) is 24.1 Å². The first kappa shape index (κ1) is 20.9. The van der Waals surface area contributed by atoms with Crippen molar-refractivity contribution in [2.24, 2.45) is 5.92 Å². The van der Waals surface area contributed by atoms with E-state index in [1.807, 2.05) is 43.3 Å². The fourth-order valence-electron chi connectivity index (χ4n) is 3.86. The molecule has 6 heteroatoms. The molecule has 0 radical (unpaired) electrons. The van der Waals surface area contributed by atoms with Crippen LogP contribution in [0.3, 0.4) is 0 Å². The second-order valence-corrected chi connectivity index (χ2v) is 10.2. The number of carbonyl (C=O) groups excluding carboxylic acids is 2. The molecule has 1 aliphatic carbocycles. The summed E-state index contributed by atoms with van der Waals surface area (Å²) in [5.74, 6) is 0.413. The highest BCUT2D eigenvalue weighted by Gasteiger charge is 2.26. The summed E-state index contributed by atoms with van der Waals surface area (Å²) in [5, 5.41) is 1.71. The van der Waals surface area contributed by atoms with E-state index in [9.17, 15) is 9.59 Å². The van der Waals surface area contributed by atoms with Crippen LogP contribution in [-0.2, 0) is 17.6 Å². The van der Waals surface area contributed by atoms with Gasteiger partial charge >= 0.3 is 0 Å². The maximum atomic E-state index is 13.0. The van der Waals surface area contributed by atoms with E-state index in [4.69, 9.17) is 0 Å². The topological polar surface area (TPSA) is 59.9 Å². The Kier molecular flexibility index (Phi) is 6.75. The number of hydrogen-bond acceptors (Lipinski definition) is 6. The minimum Gasteiger partial charge on any atom is -0.299 e. The summed E-state index contributed by atoms with van der Waals surface area (Å²) in [6, 6.07) is 11.7. The van der Waals surface area contributed by atoms with Crippen LogP contribution in [0.15, 0.2) is 58.0 Å². The summed E-state index contributed by atoms with van der Waals surface area (Å²) < 4.78 is 1.02. The molecule has 154 valence electrons. The molecule has 1 aromatic carbocycles. The van der Waals surface area contributed by atoms with Crippen LogP contribution in [0.5, 0.6) is 0 Å². The third kappa shape index (κ3) is 5.24. The monoisotopic (exact) mass is 436 g/mol. The van der Waals surface area contributed by atoms with Crippen LogP contribution < -0.4 is 0 Å². The van der Waals surface area contributed by atoms with Gasteiger partial charge in [0.1, 0.15) is 15.8 Å². The number of aryl methyl sites for hydroxylation is 1. The first-order chi connectivity index (χ1) is 14.6. The molecule has 1 saturated carbocycles. The van der Waals surface area contributed by atoms with Crippen LogP contribution in [0.25, 0.3) is 0 Å². The Morgan fingerprint density at radius 1 is 1.10 bits per heavy atom. The van der Waals surface area contributed by atoms with E-state index in [1.165, 1.54) is 11.3 Å². The molecule has 4 nitrogen and oxygen atoms in total. The van der Waals surface area contributed by atoms with Gasteiger partial charge in [-0.1, -0.05) is 48.4 Å². The SMILES string of the molecule is Cc1ccc(CC(=O)Cc2ncc(Sc3ccccn3)s2)c(C(=O)C2CCCC2)c1. The van der Waals surface area contributed by atoms with Crippen molar-refractivity contribution in [1.29, 1.82) is 0 Å². The van der Waals surface area contributed by atoms with Crippen LogP contribution in [0, 0.1) is 12.8 Å². The fraction of sp³-hybridized carbons (Fsp3) is 0.333. The zero-order valence-electron chi connectivity index (χ0n) is 17.0. The molecule has 0 amide bonds. The summed E-state index contributed by atoms with van der Waals surface area (Å²) in [6.07, 6.45) is 8.31. The van der Waals surface area contributed by atoms with Gasteiger partial charge in [0.15, 0.2) is 5.78 Å². The molecule has 1 fully saturated rings. The highest BCUT2D eigenvalue weighted by molar-refractivity contribution is 8.01. The van der Waals surface area contributed by atoms with Crippen molar-refractivity contribution in [3.63, 3.8) is 0 Å². The minimum atomic E-state index is 0.0862. The average molecular weight is 437 g/mol. The Morgan fingerprint density at radius 2 is 1.93 bits per heavy atom. The van der Waals surface area contributed by atoms with Gasteiger partial charge in [-0.2, -0.15) is 0 Å². The van der Waals surface area contributed by atoms with Crippen LogP contribution in [-0.4, -0.2) is 21.5 Å². The minimum absolute atomic E-state index is 0.0862. The summed E-state index contributed by atoms with van der Waals surface area (Å²) in [5.41, 5.74) is 2.64. The van der Waals surface area contributed by atoms with E-state index in [0.717, 1.165) is 56.6 Å². The molecule has 1 aliphatic rings. The van der Waals surface area contributed by atoms with Gasteiger partial charge in [-0.3, -0.25) is 9.59 Å². The maximum Gasteiger partial charge on any atom is 0.166 e. The Bertz CT molecular complexity index is 1040. The van der Waals surface area contributed by atoms with E-state index in [2.05, 4.69) is 9.97 Å². The molecule has 0 spiro atoms. The number of Topliss-reactive ketones (excluding diaryl/α,β-unsaturated/α-hetero) is 2. The molecule has 30 heavy (non-hydrogen) atoms. The molecule has 0 bridgehead atoms. The number of benzene rings is 1. The number of thiazole rings is 1. The standard InChI is InChI=1S/C24H24N2O2S2/c1-16-9-10-18(20(12-16)24(28)17-6-2-3-7-17)13-19(27)14-22-26-15-23(30-22)29-21-8-4-5-11-25-21/h4-5,8-12,15,17H,2-3,6-7,13-14H2,1H3.